The number of halogens is 1. The fourth-order valence-corrected chi connectivity index (χ4v) is 1.99. The van der Waals surface area contributed by atoms with E-state index in [9.17, 15) is 9.59 Å². The normalized spacial score (nSPS) is 17.0. The minimum Gasteiger partial charge on any atom is -0.386 e. The molecule has 0 saturated heterocycles. The number of ether oxygens (including phenoxy) is 1. The molecule has 3 nitrogen and oxygen atoms in total. The molecule has 0 bridgehead atoms. The molecule has 0 N–H and O–H groups in total. The van der Waals surface area contributed by atoms with Crippen molar-refractivity contribution in [3.63, 3.8) is 0 Å². The first-order valence-corrected chi connectivity index (χ1v) is 5.41. The van der Waals surface area contributed by atoms with Gasteiger partial charge in [-0.1, -0.05) is 43.0 Å². The van der Waals surface area contributed by atoms with E-state index in [-0.39, 0.29) is 11.1 Å². The van der Waals surface area contributed by atoms with E-state index in [4.69, 9.17) is 11.6 Å². The Hall–Kier alpha value is -1.87. The highest BCUT2D eigenvalue weighted by atomic mass is 35.5. The van der Waals surface area contributed by atoms with Gasteiger partial charge in [-0.3, -0.25) is 0 Å². The van der Waals surface area contributed by atoms with Crippen molar-refractivity contribution in [2.24, 2.45) is 0 Å². The molecule has 0 amide bonds. The van der Waals surface area contributed by atoms with Gasteiger partial charge in [0.1, 0.15) is 0 Å². The second-order valence-electron chi connectivity index (χ2n) is 3.48. The average molecular weight is 249 g/mol. The largest absolute Gasteiger partial charge is 0.386 e. The SMILES string of the molecule is C=CC1=C(C(Cl)c2ccccc2)C(=O)OC1=O. The number of benzene rings is 1. The third kappa shape index (κ3) is 2.01. The summed E-state index contributed by atoms with van der Waals surface area (Å²) in [5, 5.41) is -0.705. The molecule has 1 atom stereocenters. The topological polar surface area (TPSA) is 43.4 Å². The number of alkyl halides is 1. The van der Waals surface area contributed by atoms with E-state index >= 15 is 0 Å². The van der Waals surface area contributed by atoms with Gasteiger partial charge >= 0.3 is 11.9 Å². The van der Waals surface area contributed by atoms with Crippen molar-refractivity contribution >= 4 is 23.5 Å². The summed E-state index contributed by atoms with van der Waals surface area (Å²) in [5.41, 5.74) is 1.02. The Morgan fingerprint density at radius 2 is 1.82 bits per heavy atom. The predicted molar refractivity (Wildman–Crippen MR) is 63.4 cm³/mol. The number of rotatable bonds is 3. The van der Waals surface area contributed by atoms with Crippen molar-refractivity contribution in [3.05, 3.63) is 59.7 Å². The highest BCUT2D eigenvalue weighted by Crippen LogP contribution is 2.35. The average Bonchev–Trinajstić information content (AvgIpc) is 2.63. The Balaban J connectivity index is 2.46. The molecule has 0 fully saturated rings. The van der Waals surface area contributed by atoms with Crippen LogP contribution >= 0.6 is 11.6 Å². The summed E-state index contributed by atoms with van der Waals surface area (Å²) in [4.78, 5) is 22.9. The molecule has 1 aliphatic heterocycles. The number of esters is 2. The summed E-state index contributed by atoms with van der Waals surface area (Å²) in [5.74, 6) is -1.39. The van der Waals surface area contributed by atoms with E-state index < -0.39 is 17.3 Å². The summed E-state index contributed by atoms with van der Waals surface area (Å²) in [7, 11) is 0. The lowest BCUT2D eigenvalue weighted by molar-refractivity contribution is -0.151. The zero-order valence-electron chi connectivity index (χ0n) is 8.85. The van der Waals surface area contributed by atoms with Crippen molar-refractivity contribution in [1.29, 1.82) is 0 Å². The van der Waals surface area contributed by atoms with Crippen molar-refractivity contribution in [1.82, 2.24) is 0 Å². The highest BCUT2D eigenvalue weighted by molar-refractivity contribution is 6.28. The molecule has 1 heterocycles. The summed E-state index contributed by atoms with van der Waals surface area (Å²) < 4.78 is 4.51. The molecule has 1 aromatic rings. The number of hydrogen-bond acceptors (Lipinski definition) is 3. The quantitative estimate of drug-likeness (QED) is 0.469. The van der Waals surface area contributed by atoms with E-state index in [1.54, 1.807) is 24.3 Å². The second kappa shape index (κ2) is 4.55. The van der Waals surface area contributed by atoms with Crippen LogP contribution in [0.4, 0.5) is 0 Å². The summed E-state index contributed by atoms with van der Waals surface area (Å²) in [6.45, 7) is 3.48. The molecule has 0 aromatic heterocycles. The summed E-state index contributed by atoms with van der Waals surface area (Å²) in [6.07, 6.45) is 1.29. The molecule has 0 spiro atoms. The minimum absolute atomic E-state index is 0.138. The molecule has 17 heavy (non-hydrogen) atoms. The van der Waals surface area contributed by atoms with Crippen LogP contribution in [-0.2, 0) is 14.3 Å². The van der Waals surface area contributed by atoms with Gasteiger partial charge in [-0.05, 0) is 5.56 Å². The van der Waals surface area contributed by atoms with E-state index in [1.807, 2.05) is 6.07 Å². The fraction of sp³-hybridized carbons (Fsp3) is 0.0769. The first-order chi connectivity index (χ1) is 8.15. The van der Waals surface area contributed by atoms with Gasteiger partial charge in [-0.2, -0.15) is 0 Å². The lowest BCUT2D eigenvalue weighted by atomic mass is 10.0. The maximum atomic E-state index is 11.5. The zero-order valence-corrected chi connectivity index (χ0v) is 9.61. The number of cyclic esters (lactones) is 2. The lowest BCUT2D eigenvalue weighted by Crippen LogP contribution is -2.05. The van der Waals surface area contributed by atoms with Crippen LogP contribution in [0, 0.1) is 0 Å². The smallest absolute Gasteiger partial charge is 0.346 e. The van der Waals surface area contributed by atoms with Crippen molar-refractivity contribution in [2.75, 3.05) is 0 Å². The second-order valence-corrected chi connectivity index (χ2v) is 3.92. The number of carbonyl (C=O) groups is 2. The van der Waals surface area contributed by atoms with E-state index in [0.717, 1.165) is 5.56 Å². The Morgan fingerprint density at radius 3 is 2.41 bits per heavy atom. The first-order valence-electron chi connectivity index (χ1n) is 4.97. The Morgan fingerprint density at radius 1 is 1.18 bits per heavy atom. The molecular weight excluding hydrogens is 240 g/mol. The van der Waals surface area contributed by atoms with Crippen LogP contribution in [-0.4, -0.2) is 11.9 Å². The van der Waals surface area contributed by atoms with Gasteiger partial charge in [0.05, 0.1) is 16.5 Å². The van der Waals surface area contributed by atoms with Crippen LogP contribution < -0.4 is 0 Å². The van der Waals surface area contributed by atoms with Crippen molar-refractivity contribution in [3.8, 4) is 0 Å². The van der Waals surface area contributed by atoms with Gasteiger partial charge in [0.25, 0.3) is 0 Å². The predicted octanol–water partition coefficient (Wildman–Crippen LogP) is 2.53. The molecule has 0 saturated carbocycles. The number of carbonyl (C=O) groups excluding carboxylic acids is 2. The maximum Gasteiger partial charge on any atom is 0.346 e. The van der Waals surface area contributed by atoms with E-state index in [0.29, 0.717) is 0 Å². The number of hydrogen-bond donors (Lipinski definition) is 0. The first kappa shape index (κ1) is 11.6. The molecule has 1 aliphatic rings. The Kier molecular flexibility index (Phi) is 3.11. The highest BCUT2D eigenvalue weighted by Gasteiger charge is 2.35. The Bertz CT molecular complexity index is 517. The van der Waals surface area contributed by atoms with Gasteiger partial charge in [-0.25, -0.2) is 9.59 Å². The van der Waals surface area contributed by atoms with Crippen LogP contribution in [0.15, 0.2) is 54.1 Å². The van der Waals surface area contributed by atoms with Crippen LogP contribution in [0.25, 0.3) is 0 Å². The molecular formula is C13H9ClO3. The van der Waals surface area contributed by atoms with E-state index in [2.05, 4.69) is 11.3 Å². The molecule has 86 valence electrons. The zero-order chi connectivity index (χ0) is 12.4. The van der Waals surface area contributed by atoms with Gasteiger partial charge < -0.3 is 4.74 Å². The van der Waals surface area contributed by atoms with Crippen LogP contribution in [0.3, 0.4) is 0 Å². The maximum absolute atomic E-state index is 11.5. The van der Waals surface area contributed by atoms with Crippen molar-refractivity contribution < 1.29 is 14.3 Å². The summed E-state index contributed by atoms with van der Waals surface area (Å²) >= 11 is 6.19. The molecule has 0 aliphatic carbocycles. The van der Waals surface area contributed by atoms with Crippen LogP contribution in [0.2, 0.25) is 0 Å². The molecule has 2 rings (SSSR count). The van der Waals surface area contributed by atoms with Gasteiger partial charge in [0.2, 0.25) is 0 Å². The molecule has 1 aromatic carbocycles. The van der Waals surface area contributed by atoms with Crippen molar-refractivity contribution in [2.45, 2.75) is 5.38 Å². The third-order valence-electron chi connectivity index (χ3n) is 2.47. The van der Waals surface area contributed by atoms with Gasteiger partial charge in [-0.15, -0.1) is 11.6 Å². The standard InChI is InChI=1S/C13H9ClO3/c1-2-9-10(13(16)17-12(9)15)11(14)8-6-4-3-5-7-8/h2-7,11H,1H2. The molecule has 1 unspecified atom stereocenters. The lowest BCUT2D eigenvalue weighted by Gasteiger charge is -2.08. The van der Waals surface area contributed by atoms with Crippen LogP contribution in [0.5, 0.6) is 0 Å². The van der Waals surface area contributed by atoms with Crippen LogP contribution in [0.1, 0.15) is 10.9 Å². The fourth-order valence-electron chi connectivity index (χ4n) is 1.64. The Labute approximate surface area is 103 Å². The molecule has 0 radical (unpaired) electrons. The third-order valence-corrected chi connectivity index (χ3v) is 2.94. The molecule has 4 heteroatoms. The summed E-state index contributed by atoms with van der Waals surface area (Å²) in [6, 6.07) is 9.01. The minimum atomic E-state index is -0.705. The van der Waals surface area contributed by atoms with Gasteiger partial charge in [0.15, 0.2) is 0 Å². The monoisotopic (exact) mass is 248 g/mol. The van der Waals surface area contributed by atoms with E-state index in [1.165, 1.54) is 6.08 Å². The van der Waals surface area contributed by atoms with Gasteiger partial charge in [0, 0.05) is 0 Å².